The van der Waals surface area contributed by atoms with Gasteiger partial charge in [-0.2, -0.15) is 0 Å². The number of carbonyl (C=O) groups is 2. The number of methoxy groups -OCH3 is 8. The van der Waals surface area contributed by atoms with Crippen molar-refractivity contribution >= 4 is 11.9 Å². The van der Waals surface area contributed by atoms with Gasteiger partial charge in [0.05, 0.1) is 123 Å². The van der Waals surface area contributed by atoms with Crippen molar-refractivity contribution in [2.75, 3.05) is 110 Å². The molecule has 14 heteroatoms. The van der Waals surface area contributed by atoms with E-state index in [1.54, 1.807) is 56.9 Å². The van der Waals surface area contributed by atoms with E-state index in [1.165, 1.54) is 22.3 Å². The van der Waals surface area contributed by atoms with Crippen LogP contribution < -0.4 is 37.9 Å². The normalized spacial score (nSPS) is 19.6. The highest BCUT2D eigenvalue weighted by atomic mass is 16.5. The first-order valence-corrected chi connectivity index (χ1v) is 23.2. The van der Waals surface area contributed by atoms with Crippen LogP contribution in [0.5, 0.6) is 46.0 Å². The quantitative estimate of drug-likeness (QED) is 0.0383. The molecule has 0 spiro atoms. The largest absolute Gasteiger partial charge is 0.493 e. The number of likely N-dealkylation sites (N-methyl/N-ethyl adjacent to an activating group) is 2. The number of ether oxygens (including phenoxy) is 10. The summed E-state index contributed by atoms with van der Waals surface area (Å²) in [6.07, 6.45) is 5.10. The number of nitrogens with zero attached hydrogens (tertiary/aromatic N) is 2. The van der Waals surface area contributed by atoms with Crippen LogP contribution in [-0.2, 0) is 44.9 Å². The summed E-state index contributed by atoms with van der Waals surface area (Å²) in [6.45, 7) is 4.34. The second-order valence-electron chi connectivity index (χ2n) is 18.2. The molecule has 0 saturated heterocycles. The first-order chi connectivity index (χ1) is 32.3. The number of benzene rings is 4. The van der Waals surface area contributed by atoms with E-state index in [-0.39, 0.29) is 23.9 Å². The van der Waals surface area contributed by atoms with Gasteiger partial charge < -0.3 is 56.3 Å². The van der Waals surface area contributed by atoms with Gasteiger partial charge in [-0.15, -0.1) is 0 Å². The Morgan fingerprint density at radius 2 is 0.985 bits per heavy atom. The average Bonchev–Trinajstić information content (AvgIpc) is 3.34. The molecule has 0 aliphatic carbocycles. The molecule has 2 heterocycles. The Labute approximate surface area is 397 Å². The molecule has 6 rings (SSSR count). The van der Waals surface area contributed by atoms with Crippen molar-refractivity contribution in [2.24, 2.45) is 0 Å². The van der Waals surface area contributed by atoms with Crippen LogP contribution in [0.1, 0.15) is 77.4 Å². The van der Waals surface area contributed by atoms with Crippen LogP contribution in [-0.4, -0.2) is 131 Å². The molecule has 67 heavy (non-hydrogen) atoms. The van der Waals surface area contributed by atoms with Crippen LogP contribution in [0.2, 0.25) is 0 Å². The van der Waals surface area contributed by atoms with Crippen molar-refractivity contribution in [3.8, 4) is 46.0 Å². The van der Waals surface area contributed by atoms with Gasteiger partial charge in [0.1, 0.15) is 12.6 Å². The number of fused-ring (bicyclic) bond motifs is 2. The van der Waals surface area contributed by atoms with Gasteiger partial charge in [-0.05, 0) is 96.5 Å². The van der Waals surface area contributed by atoms with Crippen LogP contribution in [0.15, 0.2) is 60.7 Å². The Balaban J connectivity index is 0.970. The highest BCUT2D eigenvalue weighted by Gasteiger charge is 2.41. The Bertz CT molecular complexity index is 2320. The third-order valence-corrected chi connectivity index (χ3v) is 13.8. The molecule has 0 N–H and O–H groups in total. The number of carbonyl (C=O) groups excluding carboxylic acids is 2. The van der Waals surface area contributed by atoms with Gasteiger partial charge in [0.15, 0.2) is 46.0 Å². The van der Waals surface area contributed by atoms with Crippen LogP contribution in [0.4, 0.5) is 0 Å². The summed E-state index contributed by atoms with van der Waals surface area (Å²) < 4.78 is 57.8. The van der Waals surface area contributed by atoms with Crippen molar-refractivity contribution in [3.05, 3.63) is 94.0 Å². The molecule has 4 aromatic carbocycles. The molecule has 364 valence electrons. The Morgan fingerprint density at radius 1 is 0.522 bits per heavy atom. The number of quaternary nitrogens is 2. The van der Waals surface area contributed by atoms with Crippen LogP contribution >= 0.6 is 0 Å². The molecule has 2 aliphatic rings. The van der Waals surface area contributed by atoms with Gasteiger partial charge in [0, 0.05) is 29.9 Å². The lowest BCUT2D eigenvalue weighted by Crippen LogP contribution is -2.53. The van der Waals surface area contributed by atoms with E-state index in [1.807, 2.05) is 24.3 Å². The zero-order chi connectivity index (χ0) is 48.1. The molecular weight excluding hydrogens is 857 g/mol. The molecule has 4 aromatic rings. The van der Waals surface area contributed by atoms with Crippen molar-refractivity contribution in [2.45, 2.75) is 69.9 Å². The average molecular weight is 929 g/mol. The second-order valence-corrected chi connectivity index (χ2v) is 18.2. The summed E-state index contributed by atoms with van der Waals surface area (Å²) in [5.41, 5.74) is 7.03. The molecule has 0 aromatic heterocycles. The minimum Gasteiger partial charge on any atom is -0.493 e. The van der Waals surface area contributed by atoms with Gasteiger partial charge in [-0.25, -0.2) is 0 Å². The summed E-state index contributed by atoms with van der Waals surface area (Å²) in [5, 5.41) is 0. The predicted octanol–water partition coefficient (Wildman–Crippen LogP) is 8.07. The zero-order valence-electron chi connectivity index (χ0n) is 41.3. The molecule has 2 aliphatic heterocycles. The Morgan fingerprint density at radius 3 is 1.52 bits per heavy atom. The fraction of sp³-hybridized carbons (Fsp3) is 0.509. The summed E-state index contributed by atoms with van der Waals surface area (Å²) in [5.74, 6) is 5.25. The third kappa shape index (κ3) is 12.4. The lowest BCUT2D eigenvalue weighted by atomic mass is 9.83. The molecule has 0 amide bonds. The van der Waals surface area contributed by atoms with Crippen LogP contribution in [0, 0.1) is 0 Å². The number of unbranched alkanes of at least 4 members (excludes halogenated alkanes) is 2. The summed E-state index contributed by atoms with van der Waals surface area (Å²) in [4.78, 5) is 26.3. The summed E-state index contributed by atoms with van der Waals surface area (Å²) in [6, 6.07) is 20.5. The topological polar surface area (TPSA) is 126 Å². The van der Waals surface area contributed by atoms with Gasteiger partial charge in [0.2, 0.25) is 0 Å². The number of rotatable bonds is 24. The van der Waals surface area contributed by atoms with Crippen LogP contribution in [0.3, 0.4) is 0 Å². The maximum absolute atomic E-state index is 13.2. The highest BCUT2D eigenvalue weighted by Crippen LogP contribution is 2.44. The van der Waals surface area contributed by atoms with E-state index in [9.17, 15) is 9.59 Å². The van der Waals surface area contributed by atoms with Crippen molar-refractivity contribution in [3.63, 3.8) is 0 Å². The summed E-state index contributed by atoms with van der Waals surface area (Å²) >= 11 is 0. The van der Waals surface area contributed by atoms with Crippen LogP contribution in [0.25, 0.3) is 0 Å². The monoisotopic (exact) mass is 929 g/mol. The van der Waals surface area contributed by atoms with Gasteiger partial charge in [-0.3, -0.25) is 9.59 Å². The van der Waals surface area contributed by atoms with Crippen molar-refractivity contribution in [1.29, 1.82) is 0 Å². The maximum Gasteiger partial charge on any atom is 0.311 e. The van der Waals surface area contributed by atoms with Crippen molar-refractivity contribution < 1.29 is 65.9 Å². The first-order valence-electron chi connectivity index (χ1n) is 23.2. The van der Waals surface area contributed by atoms with E-state index in [0.717, 1.165) is 56.4 Å². The van der Waals surface area contributed by atoms with E-state index in [4.69, 9.17) is 47.4 Å². The SMILES string of the molecule is COc1ccc(C[C@@H]2C[N+](C)(CCC(=O)OCCCCCOC(=O)CC[N+]3(C)CCc4cc(OC)c(OC)cc4[C@H]3Cc3ccc(OC)c(OC)c3)Cc3cc(OC)c(OC)cc32)cc1OC. The minimum absolute atomic E-state index is 0.0409. The van der Waals surface area contributed by atoms with Gasteiger partial charge in [0.25, 0.3) is 0 Å². The lowest BCUT2D eigenvalue weighted by molar-refractivity contribution is -0.940. The fourth-order valence-electron chi connectivity index (χ4n) is 9.96. The zero-order valence-corrected chi connectivity index (χ0v) is 41.3. The minimum atomic E-state index is -0.214. The standard InChI is InChI=1S/C53H72N2O12/c1-54(34-39(26-36-14-16-44(58-3)46(28-36)60-5)41-32-50(64-9)49(63-8)31-40(41)35-54)21-19-52(56)66-24-12-11-13-25-67-53(57)20-23-55(2)22-18-38-30-48(62-7)51(65-10)33-42(38)43(55)27-37-15-17-45(59-4)47(29-37)61-6/h14-17,28-33,39,43H,11-13,18-27,34-35H2,1-10H3/q+2/t39-,43-,54?,55?/m1/s1. The Kier molecular flexibility index (Phi) is 17.5. The Hall–Kier alpha value is -5.86. The van der Waals surface area contributed by atoms with E-state index in [2.05, 4.69) is 50.5 Å². The molecule has 0 saturated carbocycles. The first kappa shape index (κ1) is 50.6. The van der Waals surface area contributed by atoms with E-state index < -0.39 is 0 Å². The fourth-order valence-corrected chi connectivity index (χ4v) is 9.96. The summed E-state index contributed by atoms with van der Waals surface area (Å²) in [7, 11) is 17.6. The number of hydrogen-bond donors (Lipinski definition) is 0. The number of hydrogen-bond acceptors (Lipinski definition) is 12. The smallest absolute Gasteiger partial charge is 0.311 e. The molecule has 0 radical (unpaired) electrons. The molecular formula is C53H72N2O12+2. The second kappa shape index (κ2) is 23.2. The van der Waals surface area contributed by atoms with E-state index in [0.29, 0.717) is 107 Å². The molecule has 0 bridgehead atoms. The maximum atomic E-state index is 13.2. The van der Waals surface area contributed by atoms with E-state index >= 15 is 0 Å². The van der Waals surface area contributed by atoms with Crippen molar-refractivity contribution in [1.82, 2.24) is 0 Å². The molecule has 0 fully saturated rings. The van der Waals surface area contributed by atoms with Gasteiger partial charge in [-0.1, -0.05) is 12.1 Å². The van der Waals surface area contributed by atoms with Gasteiger partial charge >= 0.3 is 11.9 Å². The number of esters is 2. The molecule has 14 nitrogen and oxygen atoms in total. The predicted molar refractivity (Wildman–Crippen MR) is 255 cm³/mol. The highest BCUT2D eigenvalue weighted by molar-refractivity contribution is 5.69. The lowest BCUT2D eigenvalue weighted by Gasteiger charge is -2.46. The molecule has 4 atom stereocenters. The third-order valence-electron chi connectivity index (χ3n) is 13.8. The molecule has 2 unspecified atom stereocenters.